The minimum absolute atomic E-state index is 0.229. The molecule has 18 heavy (non-hydrogen) atoms. The molecular formula is C11H20N2O4S. The Morgan fingerprint density at radius 2 is 1.72 bits per heavy atom. The lowest BCUT2D eigenvalue weighted by molar-refractivity contribution is -0.133. The second-order valence-electron chi connectivity index (χ2n) is 5.11. The van der Waals surface area contributed by atoms with Crippen molar-refractivity contribution in [1.82, 2.24) is 9.62 Å². The fourth-order valence-electron chi connectivity index (χ4n) is 2.78. The highest BCUT2D eigenvalue weighted by molar-refractivity contribution is 7.84. The first kappa shape index (κ1) is 13.8. The smallest absolute Gasteiger partial charge is 0.336 e. The van der Waals surface area contributed by atoms with Crippen LogP contribution < -0.4 is 4.72 Å². The summed E-state index contributed by atoms with van der Waals surface area (Å²) in [6, 6.07) is 0. The molecule has 104 valence electrons. The highest BCUT2D eigenvalue weighted by Crippen LogP contribution is 2.33. The Bertz CT molecular complexity index is 387. The normalized spacial score (nSPS) is 28.2. The quantitative estimate of drug-likeness (QED) is 0.791. The van der Waals surface area contributed by atoms with Gasteiger partial charge >= 0.3 is 10.3 Å². The number of hydrogen-bond acceptors (Lipinski definition) is 4. The van der Waals surface area contributed by atoms with Crippen molar-refractivity contribution in [2.45, 2.75) is 25.7 Å². The third-order valence-electron chi connectivity index (χ3n) is 3.86. The van der Waals surface area contributed by atoms with Gasteiger partial charge in [-0.2, -0.15) is 13.1 Å². The van der Waals surface area contributed by atoms with Crippen LogP contribution in [0.2, 0.25) is 0 Å². The molecule has 2 saturated heterocycles. The molecule has 0 spiro atoms. The Morgan fingerprint density at radius 1 is 1.22 bits per heavy atom. The number of carbonyl (C=O) groups excluding carboxylic acids is 1. The SMILES string of the molecule is CNS(=O)(=O)OCC(=O)N1CC2CCC(CC2)C1. The second kappa shape index (κ2) is 5.54. The van der Waals surface area contributed by atoms with Crippen molar-refractivity contribution in [1.29, 1.82) is 0 Å². The zero-order valence-electron chi connectivity index (χ0n) is 10.6. The van der Waals surface area contributed by atoms with Crippen molar-refractivity contribution >= 4 is 16.2 Å². The Labute approximate surface area is 108 Å². The molecule has 1 saturated carbocycles. The molecule has 2 aliphatic heterocycles. The van der Waals surface area contributed by atoms with Crippen LogP contribution in [0.1, 0.15) is 25.7 Å². The van der Waals surface area contributed by atoms with Crippen LogP contribution in [-0.4, -0.2) is 46.0 Å². The van der Waals surface area contributed by atoms with Crippen molar-refractivity contribution in [2.75, 3.05) is 26.7 Å². The monoisotopic (exact) mass is 276 g/mol. The van der Waals surface area contributed by atoms with E-state index in [4.69, 9.17) is 0 Å². The van der Waals surface area contributed by atoms with E-state index in [2.05, 4.69) is 4.18 Å². The van der Waals surface area contributed by atoms with Crippen molar-refractivity contribution in [3.63, 3.8) is 0 Å². The number of nitrogens with one attached hydrogen (secondary N) is 1. The minimum atomic E-state index is -3.77. The van der Waals surface area contributed by atoms with Crippen molar-refractivity contribution < 1.29 is 17.4 Å². The summed E-state index contributed by atoms with van der Waals surface area (Å²) in [6.45, 7) is 1.10. The number of fused-ring (bicyclic) bond motifs is 4. The van der Waals surface area contributed by atoms with Crippen LogP contribution in [-0.2, 0) is 19.3 Å². The second-order valence-corrected chi connectivity index (χ2v) is 6.66. The van der Waals surface area contributed by atoms with Crippen molar-refractivity contribution in [3.05, 3.63) is 0 Å². The van der Waals surface area contributed by atoms with Gasteiger partial charge in [0.2, 0.25) is 5.91 Å². The highest BCUT2D eigenvalue weighted by atomic mass is 32.2. The third-order valence-corrected chi connectivity index (χ3v) is 4.79. The summed E-state index contributed by atoms with van der Waals surface area (Å²) >= 11 is 0. The van der Waals surface area contributed by atoms with Gasteiger partial charge in [0.1, 0.15) is 6.61 Å². The summed E-state index contributed by atoms with van der Waals surface area (Å²) in [7, 11) is -2.52. The molecule has 3 aliphatic rings. The van der Waals surface area contributed by atoms with E-state index in [0.29, 0.717) is 11.8 Å². The molecule has 0 aromatic carbocycles. The summed E-state index contributed by atoms with van der Waals surface area (Å²) in [5.74, 6) is 0.926. The molecule has 1 aliphatic carbocycles. The summed E-state index contributed by atoms with van der Waals surface area (Å²) in [4.78, 5) is 13.7. The first-order chi connectivity index (χ1) is 8.50. The van der Waals surface area contributed by atoms with Gasteiger partial charge in [0.15, 0.2) is 0 Å². The maximum absolute atomic E-state index is 11.9. The number of hydrogen-bond donors (Lipinski definition) is 1. The molecule has 2 bridgehead atoms. The topological polar surface area (TPSA) is 75.7 Å². The van der Waals surface area contributed by atoms with Crippen molar-refractivity contribution in [2.24, 2.45) is 11.8 Å². The molecule has 0 radical (unpaired) electrons. The van der Waals surface area contributed by atoms with E-state index < -0.39 is 16.9 Å². The molecule has 2 heterocycles. The van der Waals surface area contributed by atoms with Crippen LogP contribution >= 0.6 is 0 Å². The summed E-state index contributed by atoms with van der Waals surface area (Å²) in [6.07, 6.45) is 4.74. The van der Waals surface area contributed by atoms with E-state index in [1.165, 1.54) is 32.7 Å². The molecule has 1 N–H and O–H groups in total. The van der Waals surface area contributed by atoms with E-state index in [9.17, 15) is 13.2 Å². The Balaban J connectivity index is 1.89. The number of nitrogens with zero attached hydrogens (tertiary/aromatic N) is 1. The van der Waals surface area contributed by atoms with Gasteiger partial charge in [-0.15, -0.1) is 0 Å². The fraction of sp³-hybridized carbons (Fsp3) is 0.909. The van der Waals surface area contributed by atoms with Gasteiger partial charge in [-0.1, -0.05) is 0 Å². The molecule has 3 rings (SSSR count). The van der Waals surface area contributed by atoms with Crippen LogP contribution in [0.3, 0.4) is 0 Å². The number of amides is 1. The molecule has 1 amide bonds. The largest absolute Gasteiger partial charge is 0.340 e. The fourth-order valence-corrected chi connectivity index (χ4v) is 3.15. The van der Waals surface area contributed by atoms with Crippen LogP contribution in [0.5, 0.6) is 0 Å². The predicted octanol–water partition coefficient (Wildman–Crippen LogP) is 0.116. The van der Waals surface area contributed by atoms with E-state index >= 15 is 0 Å². The lowest BCUT2D eigenvalue weighted by Gasteiger charge is -2.22. The third kappa shape index (κ3) is 3.43. The first-order valence-electron chi connectivity index (χ1n) is 6.36. The molecule has 7 heteroatoms. The summed E-state index contributed by atoms with van der Waals surface area (Å²) in [5.41, 5.74) is 0. The lowest BCUT2D eigenvalue weighted by Crippen LogP contribution is -2.38. The Hall–Kier alpha value is -0.660. The van der Waals surface area contributed by atoms with Crippen LogP contribution in [0.25, 0.3) is 0 Å². The summed E-state index contributed by atoms with van der Waals surface area (Å²) < 4.78 is 28.8. The first-order valence-corrected chi connectivity index (χ1v) is 7.76. The average Bonchev–Trinajstić information content (AvgIpc) is 2.69. The molecule has 0 aromatic rings. The van der Waals surface area contributed by atoms with Gasteiger partial charge in [0, 0.05) is 20.1 Å². The van der Waals surface area contributed by atoms with Crippen LogP contribution in [0, 0.1) is 11.8 Å². The maximum Gasteiger partial charge on any atom is 0.336 e. The lowest BCUT2D eigenvalue weighted by atomic mass is 9.84. The van der Waals surface area contributed by atoms with E-state index in [-0.39, 0.29) is 5.91 Å². The van der Waals surface area contributed by atoms with Gasteiger partial charge in [-0.05, 0) is 37.5 Å². The zero-order valence-corrected chi connectivity index (χ0v) is 11.4. The molecule has 3 fully saturated rings. The Morgan fingerprint density at radius 3 is 2.17 bits per heavy atom. The van der Waals surface area contributed by atoms with Gasteiger partial charge in [0.05, 0.1) is 0 Å². The van der Waals surface area contributed by atoms with E-state index in [1.54, 1.807) is 4.90 Å². The molecule has 0 unspecified atom stereocenters. The molecule has 6 nitrogen and oxygen atoms in total. The predicted molar refractivity (Wildman–Crippen MR) is 66.0 cm³/mol. The van der Waals surface area contributed by atoms with E-state index in [1.807, 2.05) is 4.72 Å². The van der Waals surface area contributed by atoms with Gasteiger partial charge < -0.3 is 4.90 Å². The molecular weight excluding hydrogens is 256 g/mol. The number of carbonyl (C=O) groups is 1. The van der Waals surface area contributed by atoms with Gasteiger partial charge in [0.25, 0.3) is 0 Å². The minimum Gasteiger partial charge on any atom is -0.340 e. The van der Waals surface area contributed by atoms with Crippen LogP contribution in [0.15, 0.2) is 0 Å². The molecule has 0 aromatic heterocycles. The standard InChI is InChI=1S/C11H20N2O4S/c1-12-18(15,16)17-8-11(14)13-6-9-2-3-10(7-13)5-4-9/h9-10,12H,2-8H2,1H3. The van der Waals surface area contributed by atoms with Gasteiger partial charge in [-0.25, -0.2) is 4.18 Å². The maximum atomic E-state index is 11.9. The van der Waals surface area contributed by atoms with Crippen molar-refractivity contribution in [3.8, 4) is 0 Å². The van der Waals surface area contributed by atoms with Crippen LogP contribution in [0.4, 0.5) is 0 Å². The van der Waals surface area contributed by atoms with E-state index in [0.717, 1.165) is 13.1 Å². The highest BCUT2D eigenvalue weighted by Gasteiger charge is 2.31. The summed E-state index contributed by atoms with van der Waals surface area (Å²) in [5, 5.41) is 0. The van der Waals surface area contributed by atoms with Gasteiger partial charge in [-0.3, -0.25) is 4.79 Å². The zero-order chi connectivity index (χ0) is 13.2. The average molecular weight is 276 g/mol. The Kier molecular flexibility index (Phi) is 4.24. The molecule has 0 atom stereocenters. The number of rotatable bonds is 4.